The largest absolute Gasteiger partial charge is 0.372 e. The van der Waals surface area contributed by atoms with E-state index >= 15 is 0 Å². The van der Waals surface area contributed by atoms with Crippen molar-refractivity contribution < 1.29 is 0 Å². The lowest BCUT2D eigenvalue weighted by atomic mass is 10.1. The quantitative estimate of drug-likeness (QED) is 0.793. The van der Waals surface area contributed by atoms with Crippen molar-refractivity contribution in [3.63, 3.8) is 0 Å². The predicted octanol–water partition coefficient (Wildman–Crippen LogP) is 2.30. The number of nitrogens with two attached hydrogens (primary N) is 1. The zero-order valence-corrected chi connectivity index (χ0v) is 9.38. The zero-order chi connectivity index (χ0) is 10.6. The van der Waals surface area contributed by atoms with Crippen LogP contribution in [0.4, 0.5) is 5.69 Å². The minimum Gasteiger partial charge on any atom is -0.372 e. The summed E-state index contributed by atoms with van der Waals surface area (Å²) >= 11 is 0. The highest BCUT2D eigenvalue weighted by Crippen LogP contribution is 2.21. The van der Waals surface area contributed by atoms with Gasteiger partial charge in [-0.05, 0) is 38.0 Å². The second kappa shape index (κ2) is 5.01. The van der Waals surface area contributed by atoms with Crippen molar-refractivity contribution >= 4 is 5.69 Å². The molecule has 78 valence electrons. The van der Waals surface area contributed by atoms with Crippen molar-refractivity contribution in [2.45, 2.75) is 27.3 Å². The molecule has 2 N–H and O–H groups in total. The fraction of sp³-hybridized carbons (Fsp3) is 0.500. The van der Waals surface area contributed by atoms with Crippen LogP contribution in [0.1, 0.15) is 25.0 Å². The average molecular weight is 192 g/mol. The topological polar surface area (TPSA) is 29.3 Å². The molecule has 0 aromatic heterocycles. The number of anilines is 1. The van der Waals surface area contributed by atoms with Gasteiger partial charge in [-0.25, -0.2) is 0 Å². The highest BCUT2D eigenvalue weighted by Gasteiger charge is 2.06. The maximum Gasteiger partial charge on any atom is 0.0414 e. The summed E-state index contributed by atoms with van der Waals surface area (Å²) in [7, 11) is 0. The van der Waals surface area contributed by atoms with Crippen LogP contribution in [0.25, 0.3) is 0 Å². The molecular formula is C12H20N2. The predicted molar refractivity (Wildman–Crippen MR) is 62.6 cm³/mol. The van der Waals surface area contributed by atoms with Crippen LogP contribution in [0.3, 0.4) is 0 Å². The van der Waals surface area contributed by atoms with E-state index in [-0.39, 0.29) is 0 Å². The van der Waals surface area contributed by atoms with Crippen LogP contribution in [0.15, 0.2) is 18.2 Å². The summed E-state index contributed by atoms with van der Waals surface area (Å²) in [5.74, 6) is 0. The molecule has 0 amide bonds. The van der Waals surface area contributed by atoms with Crippen molar-refractivity contribution in [3.8, 4) is 0 Å². The Labute approximate surface area is 86.7 Å². The SMILES string of the molecule is CCN(CC)c1cc(C)ccc1CN. The van der Waals surface area contributed by atoms with Gasteiger partial charge in [-0.3, -0.25) is 0 Å². The highest BCUT2D eigenvalue weighted by molar-refractivity contribution is 5.55. The molecule has 0 aliphatic rings. The molecule has 0 aliphatic carbocycles. The van der Waals surface area contributed by atoms with Crippen LogP contribution < -0.4 is 10.6 Å². The summed E-state index contributed by atoms with van der Waals surface area (Å²) in [6, 6.07) is 6.47. The van der Waals surface area contributed by atoms with Gasteiger partial charge in [0.1, 0.15) is 0 Å². The van der Waals surface area contributed by atoms with E-state index < -0.39 is 0 Å². The van der Waals surface area contributed by atoms with E-state index in [0.29, 0.717) is 6.54 Å². The summed E-state index contributed by atoms with van der Waals surface area (Å²) in [5, 5.41) is 0. The molecule has 0 saturated heterocycles. The first kappa shape index (κ1) is 11.1. The van der Waals surface area contributed by atoms with Crippen LogP contribution in [-0.2, 0) is 6.54 Å². The van der Waals surface area contributed by atoms with Gasteiger partial charge in [-0.1, -0.05) is 12.1 Å². The van der Waals surface area contributed by atoms with Crippen LogP contribution in [0.5, 0.6) is 0 Å². The number of nitrogens with zero attached hydrogens (tertiary/aromatic N) is 1. The summed E-state index contributed by atoms with van der Waals surface area (Å²) < 4.78 is 0. The van der Waals surface area contributed by atoms with Crippen LogP contribution in [-0.4, -0.2) is 13.1 Å². The van der Waals surface area contributed by atoms with Crippen molar-refractivity contribution in [2.75, 3.05) is 18.0 Å². The van der Waals surface area contributed by atoms with Crippen LogP contribution in [0.2, 0.25) is 0 Å². The smallest absolute Gasteiger partial charge is 0.0414 e. The third-order valence-electron chi connectivity index (χ3n) is 2.56. The number of aryl methyl sites for hydroxylation is 1. The molecule has 1 aromatic rings. The summed E-state index contributed by atoms with van der Waals surface area (Å²) in [4.78, 5) is 2.34. The Morgan fingerprint density at radius 2 is 1.86 bits per heavy atom. The Morgan fingerprint density at radius 1 is 1.21 bits per heavy atom. The Morgan fingerprint density at radius 3 is 2.36 bits per heavy atom. The monoisotopic (exact) mass is 192 g/mol. The molecule has 0 saturated carbocycles. The van der Waals surface area contributed by atoms with E-state index in [1.165, 1.54) is 16.8 Å². The first-order valence-electron chi connectivity index (χ1n) is 5.27. The van der Waals surface area contributed by atoms with Gasteiger partial charge in [-0.15, -0.1) is 0 Å². The molecule has 1 rings (SSSR count). The molecule has 0 aliphatic heterocycles. The van der Waals surface area contributed by atoms with E-state index in [2.05, 4.69) is 43.9 Å². The van der Waals surface area contributed by atoms with Gasteiger partial charge in [0.25, 0.3) is 0 Å². The number of hydrogen-bond acceptors (Lipinski definition) is 2. The van der Waals surface area contributed by atoms with E-state index in [9.17, 15) is 0 Å². The molecule has 0 heterocycles. The summed E-state index contributed by atoms with van der Waals surface area (Å²) in [5.41, 5.74) is 9.54. The molecule has 14 heavy (non-hydrogen) atoms. The van der Waals surface area contributed by atoms with Crippen LogP contribution >= 0.6 is 0 Å². The third-order valence-corrected chi connectivity index (χ3v) is 2.56. The molecule has 0 bridgehead atoms. The maximum absolute atomic E-state index is 5.72. The van der Waals surface area contributed by atoms with Crippen LogP contribution in [0, 0.1) is 6.92 Å². The lowest BCUT2D eigenvalue weighted by Crippen LogP contribution is -2.23. The fourth-order valence-corrected chi connectivity index (χ4v) is 1.71. The minimum absolute atomic E-state index is 0.617. The molecule has 1 aromatic carbocycles. The Bertz CT molecular complexity index is 290. The Balaban J connectivity index is 3.08. The maximum atomic E-state index is 5.72. The van der Waals surface area contributed by atoms with Gasteiger partial charge in [0, 0.05) is 25.3 Å². The van der Waals surface area contributed by atoms with Crippen molar-refractivity contribution in [2.24, 2.45) is 5.73 Å². The number of benzene rings is 1. The molecule has 0 fully saturated rings. The van der Waals surface area contributed by atoms with E-state index in [1.54, 1.807) is 0 Å². The van der Waals surface area contributed by atoms with E-state index in [0.717, 1.165) is 13.1 Å². The van der Waals surface area contributed by atoms with Gasteiger partial charge in [0.15, 0.2) is 0 Å². The lowest BCUT2D eigenvalue weighted by Gasteiger charge is -2.24. The standard InChI is InChI=1S/C12H20N2/c1-4-14(5-2)12-8-10(3)6-7-11(12)9-13/h6-8H,4-5,9,13H2,1-3H3. The van der Waals surface area contributed by atoms with E-state index in [1.807, 2.05) is 0 Å². The molecule has 0 radical (unpaired) electrons. The Kier molecular flexibility index (Phi) is 3.96. The molecule has 2 nitrogen and oxygen atoms in total. The van der Waals surface area contributed by atoms with Crippen molar-refractivity contribution in [3.05, 3.63) is 29.3 Å². The van der Waals surface area contributed by atoms with Gasteiger partial charge in [-0.2, -0.15) is 0 Å². The number of hydrogen-bond donors (Lipinski definition) is 1. The normalized spacial score (nSPS) is 10.3. The van der Waals surface area contributed by atoms with Gasteiger partial charge >= 0.3 is 0 Å². The molecular weight excluding hydrogens is 172 g/mol. The Hall–Kier alpha value is -1.02. The molecule has 0 atom stereocenters. The average Bonchev–Trinajstić information content (AvgIpc) is 2.20. The molecule has 0 spiro atoms. The van der Waals surface area contributed by atoms with Gasteiger partial charge in [0.2, 0.25) is 0 Å². The third kappa shape index (κ3) is 2.26. The zero-order valence-electron chi connectivity index (χ0n) is 9.38. The first-order valence-corrected chi connectivity index (χ1v) is 5.27. The van der Waals surface area contributed by atoms with Gasteiger partial charge in [0.05, 0.1) is 0 Å². The second-order valence-electron chi connectivity index (χ2n) is 3.51. The highest BCUT2D eigenvalue weighted by atomic mass is 15.1. The fourth-order valence-electron chi connectivity index (χ4n) is 1.71. The van der Waals surface area contributed by atoms with E-state index in [4.69, 9.17) is 5.73 Å². The van der Waals surface area contributed by atoms with Crippen molar-refractivity contribution in [1.82, 2.24) is 0 Å². The van der Waals surface area contributed by atoms with Crippen molar-refractivity contribution in [1.29, 1.82) is 0 Å². The second-order valence-corrected chi connectivity index (χ2v) is 3.51. The first-order chi connectivity index (χ1) is 6.72. The molecule has 0 unspecified atom stereocenters. The minimum atomic E-state index is 0.617. The molecule has 2 heteroatoms. The summed E-state index contributed by atoms with van der Waals surface area (Å²) in [6.45, 7) is 9.15. The van der Waals surface area contributed by atoms with Gasteiger partial charge < -0.3 is 10.6 Å². The summed E-state index contributed by atoms with van der Waals surface area (Å²) in [6.07, 6.45) is 0. The lowest BCUT2D eigenvalue weighted by molar-refractivity contribution is 0.852. The number of rotatable bonds is 4.